The Balaban J connectivity index is 1.66. The third-order valence-corrected chi connectivity index (χ3v) is 4.63. The van der Waals surface area contributed by atoms with Crippen LogP contribution in [-0.2, 0) is 0 Å². The van der Waals surface area contributed by atoms with Crippen LogP contribution >= 0.6 is 11.6 Å². The molecule has 2 heterocycles. The lowest BCUT2D eigenvalue weighted by atomic mass is 9.91. The molecule has 2 aromatic rings. The molecule has 0 aromatic carbocycles. The molecule has 134 valence electrons. The molecule has 0 radical (unpaired) electrons. The SMILES string of the molecule is O=C(O)c1cnc(Cl)cc1NC1CCC(n2nccc2C(F)F)CC1. The van der Waals surface area contributed by atoms with Crippen LogP contribution in [0.2, 0.25) is 5.15 Å². The van der Waals surface area contributed by atoms with E-state index in [0.717, 1.165) is 0 Å². The third kappa shape index (κ3) is 3.89. The zero-order chi connectivity index (χ0) is 18.0. The molecule has 3 rings (SSSR count). The van der Waals surface area contributed by atoms with Gasteiger partial charge in [0.25, 0.3) is 6.43 Å². The van der Waals surface area contributed by atoms with Gasteiger partial charge in [-0.2, -0.15) is 5.10 Å². The second-order valence-corrected chi connectivity index (χ2v) is 6.40. The smallest absolute Gasteiger partial charge is 0.339 e. The van der Waals surface area contributed by atoms with Crippen LogP contribution in [0.5, 0.6) is 0 Å². The van der Waals surface area contributed by atoms with Crippen molar-refractivity contribution in [2.45, 2.75) is 44.2 Å². The second kappa shape index (κ2) is 7.35. The van der Waals surface area contributed by atoms with Crippen molar-refractivity contribution in [3.8, 4) is 0 Å². The number of hydrogen-bond donors (Lipinski definition) is 2. The fraction of sp³-hybridized carbons (Fsp3) is 0.438. The van der Waals surface area contributed by atoms with E-state index in [2.05, 4.69) is 15.4 Å². The number of halogens is 3. The highest BCUT2D eigenvalue weighted by Crippen LogP contribution is 2.33. The van der Waals surface area contributed by atoms with Gasteiger partial charge < -0.3 is 10.4 Å². The van der Waals surface area contributed by atoms with Crippen LogP contribution in [0.25, 0.3) is 0 Å². The minimum atomic E-state index is -2.55. The second-order valence-electron chi connectivity index (χ2n) is 6.01. The van der Waals surface area contributed by atoms with Crippen molar-refractivity contribution in [1.82, 2.24) is 14.8 Å². The van der Waals surface area contributed by atoms with Crippen molar-refractivity contribution in [2.24, 2.45) is 0 Å². The van der Waals surface area contributed by atoms with Gasteiger partial charge in [-0.1, -0.05) is 11.6 Å². The number of pyridine rings is 1. The Morgan fingerprint density at radius 1 is 1.36 bits per heavy atom. The normalized spacial score (nSPS) is 20.6. The Morgan fingerprint density at radius 2 is 2.08 bits per heavy atom. The standard InChI is InChI=1S/C16H17ClF2N4O2/c17-14-7-12(11(8-20-14)16(24)25)22-9-1-3-10(4-2-9)23-13(15(18)19)5-6-21-23/h5-10,15H,1-4H2,(H,20,22)(H,24,25). The zero-order valence-corrected chi connectivity index (χ0v) is 14.0. The predicted molar refractivity (Wildman–Crippen MR) is 88.3 cm³/mol. The van der Waals surface area contributed by atoms with Gasteiger partial charge in [0, 0.05) is 18.4 Å². The molecule has 2 aromatic heterocycles. The van der Waals surface area contributed by atoms with Crippen LogP contribution in [0, 0.1) is 0 Å². The summed E-state index contributed by atoms with van der Waals surface area (Å²) in [5.74, 6) is -1.08. The Hall–Kier alpha value is -2.22. The molecule has 0 bridgehead atoms. The average molecular weight is 371 g/mol. The van der Waals surface area contributed by atoms with Crippen molar-refractivity contribution in [2.75, 3.05) is 5.32 Å². The van der Waals surface area contributed by atoms with Crippen LogP contribution in [0.1, 0.15) is 54.2 Å². The Bertz CT molecular complexity index is 760. The summed E-state index contributed by atoms with van der Waals surface area (Å²) in [6.07, 6.45) is 2.86. The maximum atomic E-state index is 13.0. The summed E-state index contributed by atoms with van der Waals surface area (Å²) in [7, 11) is 0. The summed E-state index contributed by atoms with van der Waals surface area (Å²) in [5, 5.41) is 16.7. The molecule has 0 amide bonds. The molecule has 1 aliphatic carbocycles. The quantitative estimate of drug-likeness (QED) is 0.772. The number of carboxylic acids is 1. The molecule has 1 saturated carbocycles. The van der Waals surface area contributed by atoms with Gasteiger partial charge in [0.2, 0.25) is 0 Å². The lowest BCUT2D eigenvalue weighted by Crippen LogP contribution is -2.29. The van der Waals surface area contributed by atoms with E-state index in [4.69, 9.17) is 11.6 Å². The number of nitrogens with one attached hydrogen (secondary N) is 1. The van der Waals surface area contributed by atoms with Gasteiger partial charge in [0.1, 0.15) is 16.4 Å². The molecule has 0 atom stereocenters. The van der Waals surface area contributed by atoms with E-state index in [-0.39, 0.29) is 28.5 Å². The van der Waals surface area contributed by atoms with Crippen molar-refractivity contribution in [3.63, 3.8) is 0 Å². The minimum absolute atomic E-state index is 0.0402. The minimum Gasteiger partial charge on any atom is -0.478 e. The molecule has 0 spiro atoms. The van der Waals surface area contributed by atoms with Crippen LogP contribution in [0.4, 0.5) is 14.5 Å². The number of nitrogens with zero attached hydrogens (tertiary/aromatic N) is 3. The number of hydrogen-bond acceptors (Lipinski definition) is 4. The number of alkyl halides is 2. The maximum Gasteiger partial charge on any atom is 0.339 e. The molecule has 2 N–H and O–H groups in total. The van der Waals surface area contributed by atoms with Crippen molar-refractivity contribution in [1.29, 1.82) is 0 Å². The first kappa shape index (κ1) is 17.6. The molecule has 9 heteroatoms. The van der Waals surface area contributed by atoms with Crippen molar-refractivity contribution < 1.29 is 18.7 Å². The first-order valence-corrected chi connectivity index (χ1v) is 8.30. The molecule has 1 fully saturated rings. The van der Waals surface area contributed by atoms with Gasteiger partial charge in [0.15, 0.2) is 0 Å². The number of anilines is 1. The monoisotopic (exact) mass is 370 g/mol. The Labute approximate surface area is 147 Å². The van der Waals surface area contributed by atoms with Crippen molar-refractivity contribution >= 4 is 23.3 Å². The van der Waals surface area contributed by atoms with Gasteiger partial charge >= 0.3 is 5.97 Å². The maximum absolute atomic E-state index is 13.0. The third-order valence-electron chi connectivity index (χ3n) is 4.43. The number of rotatable bonds is 5. The van der Waals surface area contributed by atoms with Crippen LogP contribution < -0.4 is 5.32 Å². The van der Waals surface area contributed by atoms with Crippen LogP contribution in [0.3, 0.4) is 0 Å². The Morgan fingerprint density at radius 3 is 2.72 bits per heavy atom. The first-order chi connectivity index (χ1) is 12.0. The highest BCUT2D eigenvalue weighted by atomic mass is 35.5. The topological polar surface area (TPSA) is 80.0 Å². The number of carboxylic acid groups (broad SMARTS) is 1. The van der Waals surface area contributed by atoms with E-state index in [1.807, 2.05) is 0 Å². The van der Waals surface area contributed by atoms with E-state index in [0.29, 0.717) is 31.4 Å². The molecule has 0 aliphatic heterocycles. The summed E-state index contributed by atoms with van der Waals surface area (Å²) in [6, 6.07) is 2.79. The lowest BCUT2D eigenvalue weighted by molar-refractivity contribution is 0.0697. The molecule has 6 nitrogen and oxygen atoms in total. The fourth-order valence-electron chi connectivity index (χ4n) is 3.21. The van der Waals surface area contributed by atoms with Gasteiger partial charge in [-0.05, 0) is 37.8 Å². The molecular formula is C16H17ClF2N4O2. The van der Waals surface area contributed by atoms with Gasteiger partial charge in [-0.25, -0.2) is 18.6 Å². The van der Waals surface area contributed by atoms with Crippen molar-refractivity contribution in [3.05, 3.63) is 40.9 Å². The van der Waals surface area contributed by atoms with Gasteiger partial charge in [-0.15, -0.1) is 0 Å². The van der Waals surface area contributed by atoms with E-state index >= 15 is 0 Å². The van der Waals surface area contributed by atoms with Crippen LogP contribution in [-0.4, -0.2) is 31.9 Å². The number of aromatic nitrogens is 3. The summed E-state index contributed by atoms with van der Waals surface area (Å²) in [6.45, 7) is 0. The van der Waals surface area contributed by atoms with E-state index in [1.165, 1.54) is 29.2 Å². The summed E-state index contributed by atoms with van der Waals surface area (Å²) >= 11 is 5.85. The highest BCUT2D eigenvalue weighted by Gasteiger charge is 2.27. The zero-order valence-electron chi connectivity index (χ0n) is 13.2. The Kier molecular flexibility index (Phi) is 5.17. The fourth-order valence-corrected chi connectivity index (χ4v) is 3.36. The molecule has 25 heavy (non-hydrogen) atoms. The van der Waals surface area contributed by atoms with Crippen LogP contribution in [0.15, 0.2) is 24.5 Å². The number of carbonyl (C=O) groups is 1. The highest BCUT2D eigenvalue weighted by molar-refractivity contribution is 6.29. The molecule has 0 saturated heterocycles. The average Bonchev–Trinajstić information content (AvgIpc) is 3.05. The summed E-state index contributed by atoms with van der Waals surface area (Å²) in [5.41, 5.74) is 0.410. The molecule has 0 unspecified atom stereocenters. The van der Waals surface area contributed by atoms with E-state index in [9.17, 15) is 18.7 Å². The summed E-state index contributed by atoms with van der Waals surface area (Å²) in [4.78, 5) is 15.1. The van der Waals surface area contributed by atoms with Gasteiger partial charge in [-0.3, -0.25) is 4.68 Å². The molecule has 1 aliphatic rings. The largest absolute Gasteiger partial charge is 0.478 e. The van der Waals surface area contributed by atoms with Gasteiger partial charge in [0.05, 0.1) is 11.7 Å². The summed E-state index contributed by atoms with van der Waals surface area (Å²) < 4.78 is 27.4. The predicted octanol–water partition coefficient (Wildman–Crippen LogP) is 4.16. The lowest BCUT2D eigenvalue weighted by Gasteiger charge is -2.31. The van der Waals surface area contributed by atoms with E-state index in [1.54, 1.807) is 0 Å². The number of aromatic carboxylic acids is 1. The molecular weight excluding hydrogens is 354 g/mol. The van der Waals surface area contributed by atoms with E-state index < -0.39 is 12.4 Å². The first-order valence-electron chi connectivity index (χ1n) is 7.92.